The molecule has 8 heteroatoms. The molecule has 158 valence electrons. The molecule has 0 bridgehead atoms. The Labute approximate surface area is 190 Å². The lowest BCUT2D eigenvalue weighted by molar-refractivity contribution is 0.0996. The molecule has 1 aliphatic carbocycles. The Morgan fingerprint density at radius 1 is 1.00 bits per heavy atom. The van der Waals surface area contributed by atoms with E-state index in [2.05, 4.69) is 4.98 Å². The Bertz CT molecular complexity index is 1010. The lowest BCUT2D eigenvalue weighted by atomic mass is 9.98. The third-order valence-corrected chi connectivity index (χ3v) is 5.61. The highest BCUT2D eigenvalue weighted by Crippen LogP contribution is 2.31. The van der Waals surface area contributed by atoms with Gasteiger partial charge in [0, 0.05) is 27.5 Å². The topological polar surface area (TPSA) is 81.1 Å². The first kappa shape index (κ1) is 22.6. The summed E-state index contributed by atoms with van der Waals surface area (Å²) in [6.45, 7) is 0. The van der Waals surface area contributed by atoms with E-state index in [1.165, 1.54) is 19.3 Å². The van der Waals surface area contributed by atoms with E-state index in [1.807, 2.05) is 12.1 Å². The molecule has 0 radical (unpaired) electrons. The van der Waals surface area contributed by atoms with Crippen LogP contribution in [0.3, 0.4) is 0 Å². The van der Waals surface area contributed by atoms with Crippen LogP contribution in [0.4, 0.5) is 0 Å². The maximum Gasteiger partial charge on any atom is 0.268 e. The second-order valence-electron chi connectivity index (χ2n) is 7.08. The number of rotatable bonds is 3. The summed E-state index contributed by atoms with van der Waals surface area (Å²) in [6, 6.07) is 12.2. The van der Waals surface area contributed by atoms with Crippen LogP contribution in [0.1, 0.15) is 42.6 Å². The molecule has 0 unspecified atom stereocenters. The number of benzene rings is 2. The Balaban J connectivity index is 0.000000310. The number of hydrogen-bond acceptors (Lipinski definition) is 3. The van der Waals surface area contributed by atoms with E-state index in [1.54, 1.807) is 41.1 Å². The molecule has 5 nitrogen and oxygen atoms in total. The van der Waals surface area contributed by atoms with Gasteiger partial charge in [0.05, 0.1) is 11.1 Å². The summed E-state index contributed by atoms with van der Waals surface area (Å²) >= 11 is 18.1. The van der Waals surface area contributed by atoms with Crippen molar-refractivity contribution in [2.24, 2.45) is 5.73 Å². The lowest BCUT2D eigenvalue weighted by Crippen LogP contribution is -2.11. The number of imidazole rings is 1. The quantitative estimate of drug-likeness (QED) is 0.503. The van der Waals surface area contributed by atoms with Gasteiger partial charge in [0.1, 0.15) is 11.5 Å². The van der Waals surface area contributed by atoms with Crippen LogP contribution in [0.2, 0.25) is 15.1 Å². The van der Waals surface area contributed by atoms with Gasteiger partial charge in [-0.1, -0.05) is 54.1 Å². The Morgan fingerprint density at radius 3 is 2.17 bits per heavy atom. The molecule has 0 spiro atoms. The molecular formula is C22H22Cl3N3O2. The standard InChI is InChI=1S/C16H10Cl3N3O.C6H12O/c17-9-1-4-11(5-2-9)22-8-14(15(20)23)21-16(22)12-6-3-10(18)7-13(12)19;7-6-4-2-1-3-5-6/h1-8H,(H2,20,23);6-7H,1-5H2. The SMILES string of the molecule is NC(=O)c1cn(-c2ccc(Cl)cc2)c(-c2ccc(Cl)cc2Cl)n1.OC1CCCCC1. The molecule has 1 aliphatic rings. The van der Waals surface area contributed by atoms with Crippen LogP contribution in [-0.4, -0.2) is 26.7 Å². The first-order valence-electron chi connectivity index (χ1n) is 9.64. The number of aliphatic hydroxyl groups is 1. The molecule has 3 N–H and O–H groups in total. The third-order valence-electron chi connectivity index (χ3n) is 4.81. The number of halogens is 3. The lowest BCUT2D eigenvalue weighted by Gasteiger charge is -2.14. The molecule has 4 rings (SSSR count). The zero-order valence-corrected chi connectivity index (χ0v) is 18.5. The summed E-state index contributed by atoms with van der Waals surface area (Å²) in [7, 11) is 0. The maximum absolute atomic E-state index is 11.5. The van der Waals surface area contributed by atoms with Crippen molar-refractivity contribution in [2.75, 3.05) is 0 Å². The van der Waals surface area contributed by atoms with Gasteiger partial charge in [0.2, 0.25) is 0 Å². The van der Waals surface area contributed by atoms with Gasteiger partial charge >= 0.3 is 0 Å². The van der Waals surface area contributed by atoms with E-state index in [4.69, 9.17) is 45.6 Å². The summed E-state index contributed by atoms with van der Waals surface area (Å²) in [6.07, 6.45) is 7.49. The van der Waals surface area contributed by atoms with Crippen molar-refractivity contribution in [3.63, 3.8) is 0 Å². The number of carbonyl (C=O) groups excluding carboxylic acids is 1. The van der Waals surface area contributed by atoms with Crippen molar-refractivity contribution < 1.29 is 9.90 Å². The summed E-state index contributed by atoms with van der Waals surface area (Å²) < 4.78 is 1.73. The number of hydrogen-bond donors (Lipinski definition) is 2. The van der Waals surface area contributed by atoms with Crippen molar-refractivity contribution >= 4 is 40.7 Å². The van der Waals surface area contributed by atoms with Crippen LogP contribution in [0.5, 0.6) is 0 Å². The molecule has 1 amide bonds. The van der Waals surface area contributed by atoms with E-state index in [0.717, 1.165) is 18.5 Å². The number of primary amides is 1. The zero-order valence-electron chi connectivity index (χ0n) is 16.2. The van der Waals surface area contributed by atoms with Crippen LogP contribution < -0.4 is 5.73 Å². The van der Waals surface area contributed by atoms with Gasteiger partial charge in [-0.05, 0) is 55.3 Å². The van der Waals surface area contributed by atoms with Crippen molar-refractivity contribution in [1.82, 2.24) is 9.55 Å². The fraction of sp³-hybridized carbons (Fsp3) is 0.273. The normalized spacial score (nSPS) is 14.1. The van der Waals surface area contributed by atoms with Crippen molar-refractivity contribution in [2.45, 2.75) is 38.2 Å². The van der Waals surface area contributed by atoms with Gasteiger partial charge in [0.15, 0.2) is 0 Å². The minimum Gasteiger partial charge on any atom is -0.393 e. The van der Waals surface area contributed by atoms with E-state index < -0.39 is 5.91 Å². The monoisotopic (exact) mass is 465 g/mol. The van der Waals surface area contributed by atoms with Crippen LogP contribution >= 0.6 is 34.8 Å². The predicted molar refractivity (Wildman–Crippen MR) is 122 cm³/mol. The maximum atomic E-state index is 11.5. The zero-order chi connectivity index (χ0) is 21.7. The van der Waals surface area contributed by atoms with Gasteiger partial charge in [-0.2, -0.15) is 0 Å². The third kappa shape index (κ3) is 5.76. The second-order valence-corrected chi connectivity index (χ2v) is 8.36. The summed E-state index contributed by atoms with van der Waals surface area (Å²) in [5, 5.41) is 10.5. The number of carbonyl (C=O) groups is 1. The Hall–Kier alpha value is -2.05. The van der Waals surface area contributed by atoms with Gasteiger partial charge in [-0.25, -0.2) is 4.98 Å². The Morgan fingerprint density at radius 2 is 1.63 bits per heavy atom. The smallest absolute Gasteiger partial charge is 0.268 e. The summed E-state index contributed by atoms with van der Waals surface area (Å²) in [4.78, 5) is 15.8. The average Bonchev–Trinajstić information content (AvgIpc) is 3.15. The summed E-state index contributed by atoms with van der Waals surface area (Å²) in [5.74, 6) is -0.133. The van der Waals surface area contributed by atoms with Crippen molar-refractivity contribution in [3.8, 4) is 17.1 Å². The highest BCUT2D eigenvalue weighted by atomic mass is 35.5. The predicted octanol–water partition coefficient (Wildman–Crippen LogP) is 5.91. The second kappa shape index (κ2) is 10.3. The van der Waals surface area contributed by atoms with Gasteiger partial charge in [-0.15, -0.1) is 0 Å². The molecule has 2 aromatic carbocycles. The fourth-order valence-corrected chi connectivity index (χ4v) is 3.86. The van der Waals surface area contributed by atoms with Crippen LogP contribution in [0.15, 0.2) is 48.7 Å². The van der Waals surface area contributed by atoms with E-state index >= 15 is 0 Å². The minimum absolute atomic E-state index is 0.0359. The molecule has 1 heterocycles. The Kier molecular flexibility index (Phi) is 7.78. The molecule has 0 aliphatic heterocycles. The fourth-order valence-electron chi connectivity index (χ4n) is 3.24. The van der Waals surface area contributed by atoms with Gasteiger partial charge in [0.25, 0.3) is 5.91 Å². The minimum atomic E-state index is -0.621. The largest absolute Gasteiger partial charge is 0.393 e. The van der Waals surface area contributed by atoms with E-state index in [9.17, 15) is 4.79 Å². The van der Waals surface area contributed by atoms with E-state index in [0.29, 0.717) is 26.5 Å². The van der Waals surface area contributed by atoms with Crippen molar-refractivity contribution in [3.05, 3.63) is 69.4 Å². The van der Waals surface area contributed by atoms with Crippen molar-refractivity contribution in [1.29, 1.82) is 0 Å². The molecule has 1 saturated carbocycles. The molecular weight excluding hydrogens is 445 g/mol. The molecule has 3 aromatic rings. The molecule has 0 saturated heterocycles. The number of aliphatic hydroxyl groups excluding tert-OH is 1. The first-order valence-corrected chi connectivity index (χ1v) is 10.8. The van der Waals surface area contributed by atoms with Crippen LogP contribution in [0.25, 0.3) is 17.1 Å². The van der Waals surface area contributed by atoms with Crippen LogP contribution in [0, 0.1) is 0 Å². The highest BCUT2D eigenvalue weighted by Gasteiger charge is 2.17. The van der Waals surface area contributed by atoms with Gasteiger partial charge < -0.3 is 10.8 Å². The number of nitrogens with two attached hydrogens (primary N) is 1. The van der Waals surface area contributed by atoms with Gasteiger partial charge in [-0.3, -0.25) is 9.36 Å². The number of aromatic nitrogens is 2. The molecule has 1 aromatic heterocycles. The first-order chi connectivity index (χ1) is 14.3. The van der Waals surface area contributed by atoms with E-state index in [-0.39, 0.29) is 11.8 Å². The molecule has 1 fully saturated rings. The number of nitrogens with zero attached hydrogens (tertiary/aromatic N) is 2. The molecule has 30 heavy (non-hydrogen) atoms. The molecule has 0 atom stereocenters. The highest BCUT2D eigenvalue weighted by molar-refractivity contribution is 6.36. The number of amides is 1. The average molecular weight is 467 g/mol. The summed E-state index contributed by atoms with van der Waals surface area (Å²) in [5.41, 5.74) is 6.90. The van der Waals surface area contributed by atoms with Crippen LogP contribution in [-0.2, 0) is 0 Å².